The van der Waals surface area contributed by atoms with Gasteiger partial charge >= 0.3 is 0 Å². The molecule has 66 valence electrons. The van der Waals surface area contributed by atoms with Crippen molar-refractivity contribution < 1.29 is 4.42 Å². The summed E-state index contributed by atoms with van der Waals surface area (Å²) in [6, 6.07) is 4.08. The number of nitrogens with zero attached hydrogens (tertiary/aromatic N) is 1. The molecule has 1 saturated carbocycles. The monoisotopic (exact) mass is 191 g/mol. The van der Waals surface area contributed by atoms with Crippen LogP contribution >= 0.6 is 11.3 Å². The molecule has 2 aromatic rings. The van der Waals surface area contributed by atoms with E-state index in [9.17, 15) is 0 Å². The largest absolute Gasteiger partial charge is 0.440 e. The van der Waals surface area contributed by atoms with Gasteiger partial charge in [-0.1, -0.05) is 6.07 Å². The minimum Gasteiger partial charge on any atom is -0.440 e. The second-order valence-electron chi connectivity index (χ2n) is 3.31. The lowest BCUT2D eigenvalue weighted by atomic mass is 10.4. The quantitative estimate of drug-likeness (QED) is 0.728. The summed E-state index contributed by atoms with van der Waals surface area (Å²) in [5, 5.41) is 2.05. The molecule has 2 nitrogen and oxygen atoms in total. The predicted molar refractivity (Wildman–Crippen MR) is 51.8 cm³/mol. The first-order chi connectivity index (χ1) is 6.43. The number of thiophene rings is 1. The average Bonchev–Trinajstić information content (AvgIpc) is 2.72. The number of rotatable bonds is 2. The van der Waals surface area contributed by atoms with Gasteiger partial charge in [0, 0.05) is 5.92 Å². The zero-order valence-electron chi connectivity index (χ0n) is 7.06. The van der Waals surface area contributed by atoms with E-state index in [1.807, 2.05) is 12.3 Å². The first-order valence-corrected chi connectivity index (χ1v) is 5.31. The maximum absolute atomic E-state index is 5.65. The zero-order valence-corrected chi connectivity index (χ0v) is 7.88. The zero-order chi connectivity index (χ0) is 8.67. The van der Waals surface area contributed by atoms with Gasteiger partial charge in [-0.3, -0.25) is 0 Å². The van der Waals surface area contributed by atoms with Gasteiger partial charge in [-0.05, 0) is 24.3 Å². The third-order valence-corrected chi connectivity index (χ3v) is 3.10. The van der Waals surface area contributed by atoms with Crippen LogP contribution in [0.1, 0.15) is 24.7 Å². The molecule has 0 spiro atoms. The molecule has 3 heteroatoms. The molecule has 2 heterocycles. The van der Waals surface area contributed by atoms with Crippen molar-refractivity contribution in [3.05, 3.63) is 29.6 Å². The molecular weight excluding hydrogens is 182 g/mol. The van der Waals surface area contributed by atoms with Crippen LogP contribution < -0.4 is 0 Å². The van der Waals surface area contributed by atoms with Crippen LogP contribution in [0.2, 0.25) is 0 Å². The number of hydrogen-bond acceptors (Lipinski definition) is 3. The van der Waals surface area contributed by atoms with E-state index in [0.29, 0.717) is 5.92 Å². The molecule has 0 N–H and O–H groups in total. The smallest absolute Gasteiger partial charge is 0.198 e. The van der Waals surface area contributed by atoms with Crippen LogP contribution in [0.15, 0.2) is 28.1 Å². The molecule has 1 aliphatic carbocycles. The van der Waals surface area contributed by atoms with Crippen molar-refractivity contribution in [1.29, 1.82) is 0 Å². The summed E-state index contributed by atoms with van der Waals surface area (Å²) in [6.45, 7) is 0. The normalized spacial score (nSPS) is 16.3. The van der Waals surface area contributed by atoms with Gasteiger partial charge in [-0.25, -0.2) is 4.98 Å². The molecule has 2 aromatic heterocycles. The van der Waals surface area contributed by atoms with Gasteiger partial charge in [0.05, 0.1) is 11.1 Å². The standard InChI is InChI=1S/C10H9NOS/c1-2-9(13-5-1)8-6-11-10(12-8)7-3-4-7/h1-2,5-7H,3-4H2. The van der Waals surface area contributed by atoms with Gasteiger partial charge in [0.25, 0.3) is 0 Å². The highest BCUT2D eigenvalue weighted by molar-refractivity contribution is 7.13. The van der Waals surface area contributed by atoms with Crippen molar-refractivity contribution in [3.8, 4) is 10.6 Å². The van der Waals surface area contributed by atoms with Crippen molar-refractivity contribution >= 4 is 11.3 Å². The van der Waals surface area contributed by atoms with Crippen LogP contribution in [0.25, 0.3) is 10.6 Å². The minimum atomic E-state index is 0.605. The molecule has 0 aromatic carbocycles. The van der Waals surface area contributed by atoms with Gasteiger partial charge in [0.15, 0.2) is 11.7 Å². The van der Waals surface area contributed by atoms with Crippen molar-refractivity contribution in [3.63, 3.8) is 0 Å². The van der Waals surface area contributed by atoms with Crippen LogP contribution in [0.5, 0.6) is 0 Å². The van der Waals surface area contributed by atoms with E-state index in [-0.39, 0.29) is 0 Å². The van der Waals surface area contributed by atoms with Gasteiger partial charge in [0.2, 0.25) is 0 Å². The summed E-state index contributed by atoms with van der Waals surface area (Å²) in [5.41, 5.74) is 0. The topological polar surface area (TPSA) is 26.0 Å². The van der Waals surface area contributed by atoms with E-state index in [1.54, 1.807) is 11.3 Å². The lowest BCUT2D eigenvalue weighted by molar-refractivity contribution is 0.510. The number of hydrogen-bond donors (Lipinski definition) is 0. The molecule has 0 atom stereocenters. The molecule has 1 fully saturated rings. The third kappa shape index (κ3) is 1.29. The molecule has 0 unspecified atom stereocenters. The Bertz CT molecular complexity index is 400. The van der Waals surface area contributed by atoms with E-state index < -0.39 is 0 Å². The van der Waals surface area contributed by atoms with Crippen LogP contribution in [-0.2, 0) is 0 Å². The Morgan fingerprint density at radius 3 is 3.08 bits per heavy atom. The maximum Gasteiger partial charge on any atom is 0.198 e. The highest BCUT2D eigenvalue weighted by atomic mass is 32.1. The third-order valence-electron chi connectivity index (χ3n) is 2.21. The Hall–Kier alpha value is -1.09. The van der Waals surface area contributed by atoms with E-state index in [0.717, 1.165) is 11.7 Å². The summed E-state index contributed by atoms with van der Waals surface area (Å²) in [5.74, 6) is 2.44. The van der Waals surface area contributed by atoms with Crippen LogP contribution in [0.4, 0.5) is 0 Å². The van der Waals surface area contributed by atoms with E-state index in [2.05, 4.69) is 16.4 Å². The first kappa shape index (κ1) is 7.33. The molecule has 13 heavy (non-hydrogen) atoms. The summed E-state index contributed by atoms with van der Waals surface area (Å²) >= 11 is 1.69. The Balaban J connectivity index is 1.97. The summed E-state index contributed by atoms with van der Waals surface area (Å²) in [7, 11) is 0. The SMILES string of the molecule is c1csc(-c2cnc(C3CC3)o2)c1. The Morgan fingerprint density at radius 2 is 2.38 bits per heavy atom. The second kappa shape index (κ2) is 2.70. The molecule has 3 rings (SSSR count). The molecular formula is C10H9NOS. The summed E-state index contributed by atoms with van der Waals surface area (Å²) in [4.78, 5) is 5.44. The molecule has 0 amide bonds. The molecule has 1 aliphatic rings. The van der Waals surface area contributed by atoms with Crippen molar-refractivity contribution in [2.24, 2.45) is 0 Å². The Labute approximate surface area is 80.2 Å². The van der Waals surface area contributed by atoms with E-state index in [1.165, 1.54) is 17.7 Å². The first-order valence-electron chi connectivity index (χ1n) is 4.43. The van der Waals surface area contributed by atoms with E-state index >= 15 is 0 Å². The van der Waals surface area contributed by atoms with E-state index in [4.69, 9.17) is 4.42 Å². The molecule has 0 aliphatic heterocycles. The van der Waals surface area contributed by atoms with Crippen molar-refractivity contribution in [2.45, 2.75) is 18.8 Å². The average molecular weight is 191 g/mol. The summed E-state index contributed by atoms with van der Waals surface area (Å²) in [6.07, 6.45) is 4.31. The van der Waals surface area contributed by atoms with Crippen LogP contribution in [0.3, 0.4) is 0 Å². The summed E-state index contributed by atoms with van der Waals surface area (Å²) < 4.78 is 5.65. The minimum absolute atomic E-state index is 0.605. The number of aromatic nitrogens is 1. The second-order valence-corrected chi connectivity index (χ2v) is 4.26. The van der Waals surface area contributed by atoms with Gasteiger partial charge in [0.1, 0.15) is 0 Å². The lowest BCUT2D eigenvalue weighted by Crippen LogP contribution is -1.73. The maximum atomic E-state index is 5.65. The van der Waals surface area contributed by atoms with Gasteiger partial charge in [-0.15, -0.1) is 11.3 Å². The van der Waals surface area contributed by atoms with Gasteiger partial charge in [-0.2, -0.15) is 0 Å². The fourth-order valence-electron chi connectivity index (χ4n) is 1.34. The number of oxazole rings is 1. The Kier molecular flexibility index (Phi) is 1.52. The lowest BCUT2D eigenvalue weighted by Gasteiger charge is -1.88. The fraction of sp³-hybridized carbons (Fsp3) is 0.300. The predicted octanol–water partition coefficient (Wildman–Crippen LogP) is 3.28. The molecule has 0 saturated heterocycles. The fourth-order valence-corrected chi connectivity index (χ4v) is 2.01. The van der Waals surface area contributed by atoms with Crippen molar-refractivity contribution in [2.75, 3.05) is 0 Å². The highest BCUT2D eigenvalue weighted by Gasteiger charge is 2.28. The van der Waals surface area contributed by atoms with Crippen LogP contribution in [-0.4, -0.2) is 4.98 Å². The molecule has 0 radical (unpaired) electrons. The molecule has 0 bridgehead atoms. The Morgan fingerprint density at radius 1 is 1.46 bits per heavy atom. The van der Waals surface area contributed by atoms with Gasteiger partial charge < -0.3 is 4.42 Å². The highest BCUT2D eigenvalue weighted by Crippen LogP contribution is 2.40. The van der Waals surface area contributed by atoms with Crippen LogP contribution in [0, 0.1) is 0 Å². The van der Waals surface area contributed by atoms with Crippen molar-refractivity contribution in [1.82, 2.24) is 4.98 Å².